The summed E-state index contributed by atoms with van der Waals surface area (Å²) < 4.78 is 18.2. The molecular weight excluding hydrogens is 531 g/mol. The van der Waals surface area contributed by atoms with Crippen molar-refractivity contribution in [1.82, 2.24) is 14.5 Å². The van der Waals surface area contributed by atoms with E-state index in [1.54, 1.807) is 10.8 Å². The summed E-state index contributed by atoms with van der Waals surface area (Å²) in [6, 6.07) is 0. The van der Waals surface area contributed by atoms with Gasteiger partial charge in [-0.05, 0) is 0 Å². The molecule has 2 heterocycles. The molecule has 0 amide bonds. The molecule has 0 saturated carbocycles. The van der Waals surface area contributed by atoms with E-state index in [4.69, 9.17) is 19.5 Å². The molecule has 1 atom stereocenters. The number of ether oxygens (including phenoxy) is 1. The molecular formula is C25H49N4O5PS2. The van der Waals surface area contributed by atoms with Gasteiger partial charge in [0.25, 0.3) is 0 Å². The Labute approximate surface area is 231 Å². The van der Waals surface area contributed by atoms with Crippen LogP contribution in [0.5, 0.6) is 0 Å². The van der Waals surface area contributed by atoms with E-state index >= 15 is 0 Å². The quantitative estimate of drug-likeness (QED) is 0.0965. The number of hydrogen-bond donors (Lipinski definition) is 2. The average molecular weight is 581 g/mol. The molecule has 0 bridgehead atoms. The van der Waals surface area contributed by atoms with E-state index in [-0.39, 0.29) is 31.6 Å². The summed E-state index contributed by atoms with van der Waals surface area (Å²) >= 11 is 0. The van der Waals surface area contributed by atoms with E-state index < -0.39 is 13.6 Å². The Hall–Kier alpha value is -0.420. The van der Waals surface area contributed by atoms with Crippen LogP contribution in [0, 0.1) is 0 Å². The fourth-order valence-electron chi connectivity index (χ4n) is 4.15. The van der Waals surface area contributed by atoms with Crippen LogP contribution in [-0.2, 0) is 20.3 Å². The summed E-state index contributed by atoms with van der Waals surface area (Å²) in [6.07, 6.45) is 20.3. The van der Waals surface area contributed by atoms with Gasteiger partial charge in [-0.2, -0.15) is 0 Å². The predicted octanol–water partition coefficient (Wildman–Crippen LogP) is 5.96. The van der Waals surface area contributed by atoms with Crippen molar-refractivity contribution in [2.24, 2.45) is 0 Å². The summed E-state index contributed by atoms with van der Waals surface area (Å²) in [5.41, 5.74) is 4.91. The molecule has 1 aromatic rings. The number of hydrogen-bond acceptors (Lipinski definition) is 10. The second-order valence-corrected chi connectivity index (χ2v) is 14.7. The Bertz CT molecular complexity index is 769. The van der Waals surface area contributed by atoms with Crippen molar-refractivity contribution in [3.63, 3.8) is 0 Å². The number of nitrogens with two attached hydrogens (primary N) is 1. The second kappa shape index (κ2) is 20.5. The molecule has 9 nitrogen and oxygen atoms in total. The number of rotatable bonds is 22. The fraction of sp³-hybridized carbons (Fsp3) is 0.880. The number of aromatic nitrogens is 3. The van der Waals surface area contributed by atoms with E-state index in [1.165, 1.54) is 101 Å². The molecule has 216 valence electrons. The molecule has 1 aliphatic heterocycles. The summed E-state index contributed by atoms with van der Waals surface area (Å²) in [6.45, 7) is 3.09. The van der Waals surface area contributed by atoms with Gasteiger partial charge in [-0.3, -0.25) is 0 Å². The van der Waals surface area contributed by atoms with Gasteiger partial charge in [0.2, 0.25) is 0 Å². The van der Waals surface area contributed by atoms with E-state index in [0.29, 0.717) is 6.61 Å². The zero-order valence-electron chi connectivity index (χ0n) is 22.6. The zero-order chi connectivity index (χ0) is 26.6. The molecule has 1 saturated heterocycles. The monoisotopic (exact) mass is 580 g/mol. The van der Waals surface area contributed by atoms with Gasteiger partial charge in [0, 0.05) is 0 Å². The third kappa shape index (κ3) is 15.7. The van der Waals surface area contributed by atoms with Crippen molar-refractivity contribution in [3.05, 3.63) is 16.8 Å². The first-order chi connectivity index (χ1) is 18.0. The minimum atomic E-state index is -3.31. The topological polar surface area (TPSA) is 122 Å². The Morgan fingerprint density at radius 2 is 1.62 bits per heavy atom. The van der Waals surface area contributed by atoms with Crippen LogP contribution in [0.15, 0.2) is 11.1 Å². The Balaban J connectivity index is 1.35. The van der Waals surface area contributed by atoms with Gasteiger partial charge < -0.3 is 0 Å². The van der Waals surface area contributed by atoms with Gasteiger partial charge in [-0.15, -0.1) is 0 Å². The first-order valence-electron chi connectivity index (χ1n) is 14.1. The molecule has 1 fully saturated rings. The first kappa shape index (κ1) is 32.8. The van der Waals surface area contributed by atoms with Crippen molar-refractivity contribution in [2.75, 3.05) is 36.8 Å². The van der Waals surface area contributed by atoms with E-state index in [2.05, 4.69) is 16.9 Å². The Kier molecular flexibility index (Phi) is 18.1. The summed E-state index contributed by atoms with van der Waals surface area (Å²) in [4.78, 5) is 29.7. The van der Waals surface area contributed by atoms with Crippen molar-refractivity contribution in [3.8, 4) is 0 Å². The van der Waals surface area contributed by atoms with Crippen LogP contribution in [0.1, 0.15) is 96.8 Å². The molecule has 3 N–H and O–H groups in total. The first-order valence-corrected chi connectivity index (χ1v) is 18.5. The van der Waals surface area contributed by atoms with E-state index in [0.717, 1.165) is 11.5 Å². The normalized spacial score (nSPS) is 18.2. The van der Waals surface area contributed by atoms with Crippen molar-refractivity contribution >= 4 is 35.5 Å². The maximum atomic E-state index is 11.8. The molecule has 1 unspecified atom stereocenters. The number of nitrogen functional groups attached to an aromatic ring is 1. The van der Waals surface area contributed by atoms with Gasteiger partial charge in [0.15, 0.2) is 0 Å². The molecule has 0 radical (unpaired) electrons. The molecule has 37 heavy (non-hydrogen) atoms. The Morgan fingerprint density at radius 3 is 2.19 bits per heavy atom. The predicted molar refractivity (Wildman–Crippen MR) is 158 cm³/mol. The van der Waals surface area contributed by atoms with Gasteiger partial charge >= 0.3 is 173 Å². The maximum absolute atomic E-state index is 11.8. The standard InChI is InChI=1S/C25H49N4O5PS2/c1-2-3-4-5-6-7-8-9-10-11-12-13-14-15-17-36-37-18-16-33-35(31)22-32-23(20-34-35)19-29-21-27-24(26)28-25(29)30/h21,23,31,35H,2-20,22H2,1H3,(H2,26,28,30). The van der Waals surface area contributed by atoms with Crippen LogP contribution in [0.25, 0.3) is 0 Å². The SMILES string of the molecule is CCCCCCCCCCCCCCCCSSCCO[PH]1(O)COC(Cn2cnc(N)nc2=O)CO1. The van der Waals surface area contributed by atoms with Crippen LogP contribution in [0.2, 0.25) is 0 Å². The summed E-state index contributed by atoms with van der Waals surface area (Å²) in [5, 5.41) is 0. The van der Waals surface area contributed by atoms with Crippen molar-refractivity contribution in [1.29, 1.82) is 0 Å². The number of anilines is 1. The molecule has 12 heteroatoms. The fourth-order valence-corrected chi connectivity index (χ4v) is 7.83. The van der Waals surface area contributed by atoms with Crippen LogP contribution >= 0.6 is 29.5 Å². The van der Waals surface area contributed by atoms with Gasteiger partial charge in [0.1, 0.15) is 0 Å². The van der Waals surface area contributed by atoms with Gasteiger partial charge in [-0.25, -0.2) is 0 Å². The van der Waals surface area contributed by atoms with Crippen LogP contribution in [-0.4, -0.2) is 56.6 Å². The third-order valence-electron chi connectivity index (χ3n) is 6.34. The second-order valence-electron chi connectivity index (χ2n) is 9.69. The number of unbranched alkanes of at least 4 members (excludes halogenated alkanes) is 13. The minimum absolute atomic E-state index is 0.0130. The number of nitrogens with zero attached hydrogens (tertiary/aromatic N) is 3. The molecule has 0 spiro atoms. The average Bonchev–Trinajstić information content (AvgIpc) is 2.88. The van der Waals surface area contributed by atoms with Gasteiger partial charge in [0.05, 0.1) is 0 Å². The van der Waals surface area contributed by atoms with Crippen molar-refractivity contribution in [2.45, 2.75) is 109 Å². The molecule has 1 aliphatic rings. The van der Waals surface area contributed by atoms with Gasteiger partial charge in [-0.1, -0.05) is 58.3 Å². The van der Waals surface area contributed by atoms with Crippen molar-refractivity contribution < 1.29 is 18.7 Å². The zero-order valence-corrected chi connectivity index (χ0v) is 25.2. The van der Waals surface area contributed by atoms with E-state index in [9.17, 15) is 9.69 Å². The van der Waals surface area contributed by atoms with Crippen LogP contribution < -0.4 is 11.4 Å². The molecule has 0 aliphatic carbocycles. The van der Waals surface area contributed by atoms with E-state index in [1.807, 2.05) is 10.8 Å². The molecule has 1 aromatic heterocycles. The summed E-state index contributed by atoms with van der Waals surface area (Å²) in [5.74, 6) is 1.89. The summed E-state index contributed by atoms with van der Waals surface area (Å²) in [7, 11) is 0.334. The third-order valence-corrected chi connectivity index (χ3v) is 10.6. The molecule has 2 rings (SSSR count). The van der Waals surface area contributed by atoms with Crippen LogP contribution in [0.3, 0.4) is 0 Å². The Morgan fingerprint density at radius 1 is 1.03 bits per heavy atom. The molecule has 0 aromatic carbocycles. The van der Waals surface area contributed by atoms with Crippen LogP contribution in [0.4, 0.5) is 5.95 Å².